The van der Waals surface area contributed by atoms with Crippen molar-refractivity contribution in [3.63, 3.8) is 0 Å². The van der Waals surface area contributed by atoms with Gasteiger partial charge in [0.15, 0.2) is 11.5 Å². The molecule has 1 amide bonds. The molecule has 0 fully saturated rings. The van der Waals surface area contributed by atoms with Crippen LogP contribution in [0.5, 0.6) is 11.5 Å². The van der Waals surface area contributed by atoms with Crippen LogP contribution in [0.25, 0.3) is 0 Å². The first-order chi connectivity index (χ1) is 9.97. The van der Waals surface area contributed by atoms with Crippen molar-refractivity contribution in [2.45, 2.75) is 25.8 Å². The van der Waals surface area contributed by atoms with E-state index in [2.05, 4.69) is 5.32 Å². The first-order valence-electron chi connectivity index (χ1n) is 6.61. The van der Waals surface area contributed by atoms with Crippen LogP contribution in [0.2, 0.25) is 0 Å². The summed E-state index contributed by atoms with van der Waals surface area (Å²) in [5.41, 5.74) is 5.45. The number of benzene rings is 1. The molecule has 1 aromatic rings. The fourth-order valence-electron chi connectivity index (χ4n) is 1.90. The molecule has 1 atom stereocenters. The number of hydrogen-bond donors (Lipinski definition) is 2. The average molecular weight is 295 g/mol. The number of nitro benzene ring substituents is 1. The van der Waals surface area contributed by atoms with E-state index in [0.29, 0.717) is 31.1 Å². The molecular formula is C13H17N3O5. The number of nitrogens with one attached hydrogen (secondary N) is 1. The van der Waals surface area contributed by atoms with E-state index in [1.807, 2.05) is 0 Å². The molecule has 1 aliphatic rings. The van der Waals surface area contributed by atoms with Gasteiger partial charge >= 0.3 is 0 Å². The fraction of sp³-hybridized carbons (Fsp3) is 0.462. The molecule has 1 unspecified atom stereocenters. The van der Waals surface area contributed by atoms with Gasteiger partial charge < -0.3 is 20.5 Å². The van der Waals surface area contributed by atoms with Gasteiger partial charge in [-0.3, -0.25) is 14.9 Å². The minimum atomic E-state index is -0.570. The van der Waals surface area contributed by atoms with Gasteiger partial charge in [0.2, 0.25) is 5.91 Å². The highest BCUT2D eigenvalue weighted by atomic mass is 16.6. The van der Waals surface area contributed by atoms with E-state index in [-0.39, 0.29) is 29.7 Å². The second-order valence-electron chi connectivity index (χ2n) is 4.83. The molecule has 0 saturated carbocycles. The summed E-state index contributed by atoms with van der Waals surface area (Å²) in [7, 11) is 0. The maximum Gasteiger partial charge on any atom is 0.296 e. The summed E-state index contributed by atoms with van der Waals surface area (Å²) >= 11 is 0. The number of fused-ring (bicyclic) bond motifs is 1. The fourth-order valence-corrected chi connectivity index (χ4v) is 1.90. The molecular weight excluding hydrogens is 278 g/mol. The number of ether oxygens (including phenoxy) is 2. The van der Waals surface area contributed by atoms with Gasteiger partial charge in [0, 0.05) is 18.5 Å². The first-order valence-corrected chi connectivity index (χ1v) is 6.61. The van der Waals surface area contributed by atoms with Crippen LogP contribution in [0.1, 0.15) is 19.8 Å². The number of anilines is 1. The Morgan fingerprint density at radius 1 is 1.43 bits per heavy atom. The largest absolute Gasteiger partial charge is 0.486 e. The van der Waals surface area contributed by atoms with Crippen LogP contribution in [0, 0.1) is 10.1 Å². The molecule has 0 aromatic heterocycles. The highest BCUT2D eigenvalue weighted by molar-refractivity contribution is 5.93. The molecule has 3 N–H and O–H groups in total. The lowest BCUT2D eigenvalue weighted by atomic mass is 10.1. The van der Waals surface area contributed by atoms with Crippen LogP contribution in [0.4, 0.5) is 11.4 Å². The van der Waals surface area contributed by atoms with Crippen molar-refractivity contribution < 1.29 is 19.2 Å². The summed E-state index contributed by atoms with van der Waals surface area (Å²) in [5.74, 6) is 0.364. The van der Waals surface area contributed by atoms with Crippen molar-refractivity contribution >= 4 is 17.3 Å². The van der Waals surface area contributed by atoms with Gasteiger partial charge in [-0.15, -0.1) is 0 Å². The summed E-state index contributed by atoms with van der Waals surface area (Å²) in [6.07, 6.45) is 0.702. The van der Waals surface area contributed by atoms with Crippen molar-refractivity contribution in [1.82, 2.24) is 0 Å². The molecule has 2 rings (SSSR count). The van der Waals surface area contributed by atoms with E-state index in [1.165, 1.54) is 12.1 Å². The number of amides is 1. The van der Waals surface area contributed by atoms with Crippen LogP contribution in [0.3, 0.4) is 0 Å². The van der Waals surface area contributed by atoms with Crippen LogP contribution >= 0.6 is 0 Å². The Balaban J connectivity index is 2.20. The van der Waals surface area contributed by atoms with Gasteiger partial charge in [-0.1, -0.05) is 0 Å². The Hall–Kier alpha value is -2.35. The van der Waals surface area contributed by atoms with E-state index in [0.717, 1.165) is 0 Å². The van der Waals surface area contributed by atoms with Gasteiger partial charge in [-0.2, -0.15) is 0 Å². The zero-order valence-electron chi connectivity index (χ0n) is 11.6. The maximum absolute atomic E-state index is 11.8. The van der Waals surface area contributed by atoms with Crippen molar-refractivity contribution in [3.05, 3.63) is 22.2 Å². The molecule has 21 heavy (non-hydrogen) atoms. The van der Waals surface area contributed by atoms with E-state index < -0.39 is 4.92 Å². The quantitative estimate of drug-likeness (QED) is 0.627. The van der Waals surface area contributed by atoms with E-state index in [4.69, 9.17) is 15.2 Å². The molecule has 8 nitrogen and oxygen atoms in total. The molecule has 0 saturated heterocycles. The van der Waals surface area contributed by atoms with Crippen molar-refractivity contribution in [2.24, 2.45) is 5.73 Å². The van der Waals surface area contributed by atoms with Crippen molar-refractivity contribution in [2.75, 3.05) is 18.5 Å². The minimum absolute atomic E-state index is 0.0962. The molecule has 8 heteroatoms. The predicted molar refractivity (Wildman–Crippen MR) is 75.6 cm³/mol. The molecule has 0 spiro atoms. The third-order valence-corrected chi connectivity index (χ3v) is 2.96. The number of nitro groups is 1. The van der Waals surface area contributed by atoms with Crippen molar-refractivity contribution in [1.29, 1.82) is 0 Å². The molecule has 0 radical (unpaired) electrons. The van der Waals surface area contributed by atoms with Crippen LogP contribution in [-0.2, 0) is 4.79 Å². The molecule has 0 aliphatic carbocycles. The maximum atomic E-state index is 11.8. The monoisotopic (exact) mass is 295 g/mol. The normalized spacial score (nSPS) is 14.4. The second-order valence-corrected chi connectivity index (χ2v) is 4.83. The molecule has 1 aromatic carbocycles. The summed E-state index contributed by atoms with van der Waals surface area (Å²) in [6, 6.07) is 2.57. The van der Waals surface area contributed by atoms with Gasteiger partial charge in [0.1, 0.15) is 18.9 Å². The Morgan fingerprint density at radius 3 is 2.62 bits per heavy atom. The zero-order chi connectivity index (χ0) is 15.4. The van der Waals surface area contributed by atoms with Gasteiger partial charge in [-0.05, 0) is 13.3 Å². The Morgan fingerprint density at radius 2 is 2.05 bits per heavy atom. The summed E-state index contributed by atoms with van der Waals surface area (Å²) in [5, 5.41) is 13.6. The lowest BCUT2D eigenvalue weighted by molar-refractivity contribution is -0.384. The third kappa shape index (κ3) is 3.82. The minimum Gasteiger partial charge on any atom is -0.486 e. The van der Waals surface area contributed by atoms with Gasteiger partial charge in [0.05, 0.1) is 11.0 Å². The Bertz CT molecular complexity index is 559. The Kier molecular flexibility index (Phi) is 4.59. The summed E-state index contributed by atoms with van der Waals surface area (Å²) in [4.78, 5) is 22.3. The van der Waals surface area contributed by atoms with E-state index in [9.17, 15) is 14.9 Å². The standard InChI is InChI=1S/C13H17N3O5/c1-8(14)2-3-13(17)15-9-6-11-12(21-5-4-20-11)7-10(9)16(18)19/h6-8H,2-5,14H2,1H3,(H,15,17). The molecule has 0 bridgehead atoms. The smallest absolute Gasteiger partial charge is 0.296 e. The zero-order valence-corrected chi connectivity index (χ0v) is 11.6. The predicted octanol–water partition coefficient (Wildman–Crippen LogP) is 1.43. The number of nitrogens with two attached hydrogens (primary N) is 1. The Labute approximate surface area is 121 Å². The average Bonchev–Trinajstić information content (AvgIpc) is 2.44. The van der Waals surface area contributed by atoms with Crippen LogP contribution < -0.4 is 20.5 Å². The highest BCUT2D eigenvalue weighted by Gasteiger charge is 2.23. The van der Waals surface area contributed by atoms with Gasteiger partial charge in [-0.25, -0.2) is 0 Å². The van der Waals surface area contributed by atoms with E-state index >= 15 is 0 Å². The molecule has 1 aliphatic heterocycles. The molecule has 1 heterocycles. The number of carbonyl (C=O) groups is 1. The summed E-state index contributed by atoms with van der Waals surface area (Å²) < 4.78 is 10.7. The van der Waals surface area contributed by atoms with Crippen molar-refractivity contribution in [3.8, 4) is 11.5 Å². The third-order valence-electron chi connectivity index (χ3n) is 2.96. The lowest BCUT2D eigenvalue weighted by Gasteiger charge is -2.19. The van der Waals surface area contributed by atoms with Crippen LogP contribution in [-0.4, -0.2) is 30.1 Å². The van der Waals surface area contributed by atoms with Gasteiger partial charge in [0.25, 0.3) is 5.69 Å². The highest BCUT2D eigenvalue weighted by Crippen LogP contribution is 2.39. The number of hydrogen-bond acceptors (Lipinski definition) is 6. The number of rotatable bonds is 5. The molecule has 114 valence electrons. The van der Waals surface area contributed by atoms with E-state index in [1.54, 1.807) is 6.92 Å². The topological polar surface area (TPSA) is 117 Å². The number of carbonyl (C=O) groups excluding carboxylic acids is 1. The second kappa shape index (κ2) is 6.40. The van der Waals surface area contributed by atoms with Crippen LogP contribution in [0.15, 0.2) is 12.1 Å². The first kappa shape index (κ1) is 15.0. The lowest BCUT2D eigenvalue weighted by Crippen LogP contribution is -2.20. The SMILES string of the molecule is CC(N)CCC(=O)Nc1cc2c(cc1[N+](=O)[O-])OCCO2. The summed E-state index contributed by atoms with van der Waals surface area (Å²) in [6.45, 7) is 2.49. The number of nitrogens with zero attached hydrogens (tertiary/aromatic N) is 1.